The van der Waals surface area contributed by atoms with Gasteiger partial charge in [0.2, 0.25) is 0 Å². The molecule has 0 bridgehead atoms. The zero-order valence-corrected chi connectivity index (χ0v) is 8.28. The van der Waals surface area contributed by atoms with Crippen molar-refractivity contribution in [1.82, 2.24) is 0 Å². The average Bonchev–Trinajstić information content (AvgIpc) is 2.11. The van der Waals surface area contributed by atoms with E-state index in [9.17, 15) is 4.21 Å². The van der Waals surface area contributed by atoms with Crippen molar-refractivity contribution in [2.24, 2.45) is 5.14 Å². The van der Waals surface area contributed by atoms with Crippen LogP contribution in [-0.4, -0.2) is 4.21 Å². The molecule has 0 amide bonds. The normalized spacial score (nSPS) is 16.3. The lowest BCUT2D eigenvalue weighted by Gasteiger charge is -1.95. The van der Waals surface area contributed by atoms with Gasteiger partial charge < -0.3 is 0 Å². The van der Waals surface area contributed by atoms with Crippen LogP contribution in [0.25, 0.3) is 0 Å². The molecule has 0 aliphatic rings. The lowest BCUT2D eigenvalue weighted by molar-refractivity contribution is 0.677. The molecule has 0 radical (unpaired) electrons. The summed E-state index contributed by atoms with van der Waals surface area (Å²) in [5.41, 5.74) is 0. The Hall–Kier alpha value is 0.190. The van der Waals surface area contributed by atoms with Gasteiger partial charge in [-0.1, -0.05) is 23.2 Å². The minimum atomic E-state index is -3.21. The molecule has 7 heteroatoms. The van der Waals surface area contributed by atoms with E-state index >= 15 is 0 Å². The number of halogens is 2. The van der Waals surface area contributed by atoms with Gasteiger partial charge >= 0.3 is 0 Å². The number of nitrogens with one attached hydrogen (secondary N) is 1. The second kappa shape index (κ2) is 2.91. The van der Waals surface area contributed by atoms with Crippen LogP contribution >= 0.6 is 34.5 Å². The van der Waals surface area contributed by atoms with Gasteiger partial charge in [0.05, 0.1) is 10.0 Å². The molecule has 0 aliphatic heterocycles. The molecule has 3 nitrogen and oxygen atoms in total. The fraction of sp³-hybridized carbons (Fsp3) is 0. The Bertz CT molecular complexity index is 369. The summed E-state index contributed by atoms with van der Waals surface area (Å²) in [5.74, 6) is 0. The van der Waals surface area contributed by atoms with Crippen LogP contribution in [0.3, 0.4) is 0 Å². The summed E-state index contributed by atoms with van der Waals surface area (Å²) in [7, 11) is -3.21. The maximum atomic E-state index is 10.9. The van der Waals surface area contributed by atoms with Gasteiger partial charge in [-0.25, -0.2) is 14.1 Å². The van der Waals surface area contributed by atoms with Crippen LogP contribution in [0.5, 0.6) is 0 Å². The third-order valence-corrected chi connectivity index (χ3v) is 4.63. The Balaban J connectivity index is 3.38. The summed E-state index contributed by atoms with van der Waals surface area (Å²) in [6.45, 7) is 0. The molecule has 1 heterocycles. The number of rotatable bonds is 1. The highest BCUT2D eigenvalue weighted by Gasteiger charge is 2.14. The summed E-state index contributed by atoms with van der Waals surface area (Å²) in [4.78, 5) is 0. The molecule has 0 aliphatic carbocycles. The van der Waals surface area contributed by atoms with Crippen molar-refractivity contribution >= 4 is 44.5 Å². The van der Waals surface area contributed by atoms with Gasteiger partial charge in [-0.15, -0.1) is 11.3 Å². The first kappa shape index (κ1) is 9.28. The van der Waals surface area contributed by atoms with E-state index in [0.717, 1.165) is 11.3 Å². The van der Waals surface area contributed by atoms with Crippen molar-refractivity contribution in [3.8, 4) is 0 Å². The van der Waals surface area contributed by atoms with Gasteiger partial charge in [-0.3, -0.25) is 0 Å². The van der Waals surface area contributed by atoms with E-state index in [1.165, 1.54) is 5.38 Å². The minimum absolute atomic E-state index is 0.124. The Kier molecular flexibility index (Phi) is 2.46. The minimum Gasteiger partial charge on any atom is -0.240 e. The van der Waals surface area contributed by atoms with Crippen molar-refractivity contribution in [3.63, 3.8) is 0 Å². The predicted octanol–water partition coefficient (Wildman–Crippen LogP) is 2.33. The first-order valence-electron chi connectivity index (χ1n) is 2.42. The molecule has 62 valence electrons. The molecule has 11 heavy (non-hydrogen) atoms. The SMILES string of the molecule is N=S(N)(=O)c1scc(Cl)c1Cl. The highest BCUT2D eigenvalue weighted by Crippen LogP contribution is 2.34. The topological polar surface area (TPSA) is 66.9 Å². The highest BCUT2D eigenvalue weighted by molar-refractivity contribution is 7.92. The third-order valence-electron chi connectivity index (χ3n) is 0.934. The van der Waals surface area contributed by atoms with Crippen LogP contribution in [0.4, 0.5) is 0 Å². The van der Waals surface area contributed by atoms with Gasteiger partial charge in [-0.05, 0) is 0 Å². The monoisotopic (exact) mass is 230 g/mol. The summed E-state index contributed by atoms with van der Waals surface area (Å²) < 4.78 is 18.1. The smallest absolute Gasteiger partial charge is 0.143 e. The molecule has 0 fully saturated rings. The fourth-order valence-corrected chi connectivity index (χ4v) is 3.08. The van der Waals surface area contributed by atoms with E-state index < -0.39 is 9.92 Å². The molecule has 1 aromatic rings. The van der Waals surface area contributed by atoms with Crippen LogP contribution in [0.2, 0.25) is 10.0 Å². The Labute approximate surface area is 78.2 Å². The molecule has 1 rings (SSSR count). The second-order valence-electron chi connectivity index (χ2n) is 1.79. The van der Waals surface area contributed by atoms with E-state index in [-0.39, 0.29) is 14.3 Å². The highest BCUT2D eigenvalue weighted by atomic mass is 35.5. The van der Waals surface area contributed by atoms with Crippen molar-refractivity contribution in [1.29, 1.82) is 4.78 Å². The maximum Gasteiger partial charge on any atom is 0.143 e. The van der Waals surface area contributed by atoms with Crippen molar-refractivity contribution < 1.29 is 4.21 Å². The van der Waals surface area contributed by atoms with E-state index in [1.807, 2.05) is 0 Å². The molecule has 1 unspecified atom stereocenters. The largest absolute Gasteiger partial charge is 0.240 e. The van der Waals surface area contributed by atoms with Crippen molar-refractivity contribution in [2.45, 2.75) is 4.21 Å². The van der Waals surface area contributed by atoms with Gasteiger partial charge in [0.15, 0.2) is 0 Å². The van der Waals surface area contributed by atoms with Gasteiger partial charge in [0, 0.05) is 5.38 Å². The molecule has 0 saturated heterocycles. The number of hydrogen-bond acceptors (Lipinski definition) is 3. The standard InChI is InChI=1S/C4H4Cl2N2OS2/c5-2-1-10-4(3(2)6)11(7,8)9/h1H,(H3,7,8,9). The van der Waals surface area contributed by atoms with E-state index in [2.05, 4.69) is 0 Å². The molecule has 3 N–H and O–H groups in total. The molecule has 0 aromatic carbocycles. The Morgan fingerprint density at radius 3 is 2.36 bits per heavy atom. The summed E-state index contributed by atoms with van der Waals surface area (Å²) in [5, 5.41) is 6.95. The predicted molar refractivity (Wildman–Crippen MR) is 47.7 cm³/mol. The van der Waals surface area contributed by atoms with Crippen LogP contribution in [-0.2, 0) is 9.92 Å². The first-order valence-corrected chi connectivity index (χ1v) is 5.67. The molecular weight excluding hydrogens is 227 g/mol. The quantitative estimate of drug-likeness (QED) is 0.765. The number of thiophene rings is 1. The Morgan fingerprint density at radius 1 is 1.64 bits per heavy atom. The van der Waals surface area contributed by atoms with Crippen molar-refractivity contribution in [2.75, 3.05) is 0 Å². The maximum absolute atomic E-state index is 10.9. The van der Waals surface area contributed by atoms with Crippen LogP contribution in [0.15, 0.2) is 9.59 Å². The number of hydrogen-bond donors (Lipinski definition) is 2. The van der Waals surface area contributed by atoms with Gasteiger partial charge in [-0.2, -0.15) is 0 Å². The fourth-order valence-electron chi connectivity index (χ4n) is 0.511. The molecule has 0 spiro atoms. The zero-order valence-electron chi connectivity index (χ0n) is 5.14. The summed E-state index contributed by atoms with van der Waals surface area (Å²) in [6, 6.07) is 0. The van der Waals surface area contributed by atoms with E-state index in [1.54, 1.807) is 0 Å². The second-order valence-corrected chi connectivity index (χ2v) is 5.32. The van der Waals surface area contributed by atoms with Crippen LogP contribution in [0.1, 0.15) is 0 Å². The molecule has 1 atom stereocenters. The summed E-state index contributed by atoms with van der Waals surface area (Å²) in [6.07, 6.45) is 0. The first-order chi connectivity index (χ1) is 4.93. The van der Waals surface area contributed by atoms with Gasteiger partial charge in [0.25, 0.3) is 0 Å². The average molecular weight is 231 g/mol. The lowest BCUT2D eigenvalue weighted by Crippen LogP contribution is -2.08. The Morgan fingerprint density at radius 2 is 2.18 bits per heavy atom. The molecular formula is C4H4Cl2N2OS2. The van der Waals surface area contributed by atoms with Crippen LogP contribution in [0, 0.1) is 4.78 Å². The molecule has 1 aromatic heterocycles. The zero-order chi connectivity index (χ0) is 8.65. The number of nitrogens with two attached hydrogens (primary N) is 1. The van der Waals surface area contributed by atoms with Gasteiger partial charge in [0.1, 0.15) is 14.1 Å². The van der Waals surface area contributed by atoms with E-state index in [4.69, 9.17) is 33.1 Å². The van der Waals surface area contributed by atoms with E-state index in [0.29, 0.717) is 0 Å². The third kappa shape index (κ3) is 1.86. The summed E-state index contributed by atoms with van der Waals surface area (Å²) >= 11 is 12.2. The lowest BCUT2D eigenvalue weighted by atomic mass is 10.7. The van der Waals surface area contributed by atoms with Crippen molar-refractivity contribution in [3.05, 3.63) is 15.4 Å². The van der Waals surface area contributed by atoms with Crippen LogP contribution < -0.4 is 5.14 Å². The molecule has 0 saturated carbocycles.